The van der Waals surface area contributed by atoms with Crippen molar-refractivity contribution in [3.63, 3.8) is 0 Å². The SMILES string of the molecule is COc1cc(-c2nnc(N)nc2-c2ccccc2)cc(Cl)c1O. The summed E-state index contributed by atoms with van der Waals surface area (Å²) in [7, 11) is 1.44. The van der Waals surface area contributed by atoms with Crippen LogP contribution in [0.5, 0.6) is 11.5 Å². The molecule has 0 aliphatic rings. The third-order valence-electron chi connectivity index (χ3n) is 3.27. The van der Waals surface area contributed by atoms with Gasteiger partial charge in [0.25, 0.3) is 0 Å². The number of nitrogen functional groups attached to an aromatic ring is 1. The van der Waals surface area contributed by atoms with E-state index in [4.69, 9.17) is 22.1 Å². The quantitative estimate of drug-likeness (QED) is 0.767. The summed E-state index contributed by atoms with van der Waals surface area (Å²) in [6.45, 7) is 0. The van der Waals surface area contributed by atoms with E-state index in [0.717, 1.165) is 5.56 Å². The number of nitrogens with two attached hydrogens (primary N) is 1. The van der Waals surface area contributed by atoms with Gasteiger partial charge in [-0.2, -0.15) is 0 Å². The van der Waals surface area contributed by atoms with Gasteiger partial charge in [0, 0.05) is 11.1 Å². The van der Waals surface area contributed by atoms with Crippen molar-refractivity contribution in [2.24, 2.45) is 0 Å². The zero-order valence-corrected chi connectivity index (χ0v) is 12.9. The maximum Gasteiger partial charge on any atom is 0.240 e. The molecule has 3 rings (SSSR count). The van der Waals surface area contributed by atoms with Crippen molar-refractivity contribution in [1.82, 2.24) is 15.2 Å². The second-order valence-corrected chi connectivity index (χ2v) is 5.15. The van der Waals surface area contributed by atoms with Crippen LogP contribution in [-0.2, 0) is 0 Å². The summed E-state index contributed by atoms with van der Waals surface area (Å²) >= 11 is 6.05. The molecule has 2 aromatic carbocycles. The monoisotopic (exact) mass is 328 g/mol. The average molecular weight is 329 g/mol. The van der Waals surface area contributed by atoms with E-state index in [1.165, 1.54) is 7.11 Å². The molecule has 0 aliphatic heterocycles. The lowest BCUT2D eigenvalue weighted by atomic mass is 10.0. The van der Waals surface area contributed by atoms with Gasteiger partial charge in [-0.25, -0.2) is 4.98 Å². The number of methoxy groups -OCH3 is 1. The van der Waals surface area contributed by atoms with E-state index >= 15 is 0 Å². The van der Waals surface area contributed by atoms with Crippen LogP contribution in [0.15, 0.2) is 42.5 Å². The van der Waals surface area contributed by atoms with E-state index in [-0.39, 0.29) is 22.5 Å². The van der Waals surface area contributed by atoms with Crippen molar-refractivity contribution >= 4 is 17.5 Å². The van der Waals surface area contributed by atoms with Gasteiger partial charge in [-0.15, -0.1) is 10.2 Å². The van der Waals surface area contributed by atoms with Crippen LogP contribution in [0.1, 0.15) is 0 Å². The first-order valence-corrected chi connectivity index (χ1v) is 7.10. The Kier molecular flexibility index (Phi) is 3.99. The molecule has 3 aromatic rings. The minimum atomic E-state index is -0.129. The molecule has 0 unspecified atom stereocenters. The van der Waals surface area contributed by atoms with Crippen LogP contribution in [0.4, 0.5) is 5.95 Å². The predicted octanol–water partition coefficient (Wildman–Crippen LogP) is 3.16. The molecule has 0 amide bonds. The number of nitrogens with zero attached hydrogens (tertiary/aromatic N) is 3. The molecule has 6 nitrogen and oxygen atoms in total. The number of hydrogen-bond acceptors (Lipinski definition) is 6. The molecule has 0 saturated carbocycles. The molecule has 0 radical (unpaired) electrons. The Morgan fingerprint density at radius 3 is 2.48 bits per heavy atom. The third kappa shape index (κ3) is 2.89. The maximum absolute atomic E-state index is 9.87. The number of rotatable bonds is 3. The van der Waals surface area contributed by atoms with Gasteiger partial charge in [-0.3, -0.25) is 0 Å². The fourth-order valence-corrected chi connectivity index (χ4v) is 2.41. The Morgan fingerprint density at radius 1 is 1.04 bits per heavy atom. The van der Waals surface area contributed by atoms with Crippen LogP contribution < -0.4 is 10.5 Å². The Balaban J connectivity index is 2.23. The van der Waals surface area contributed by atoms with Crippen LogP contribution in [0.2, 0.25) is 5.02 Å². The van der Waals surface area contributed by atoms with Crippen LogP contribution in [0.3, 0.4) is 0 Å². The van der Waals surface area contributed by atoms with Crippen LogP contribution in [-0.4, -0.2) is 27.4 Å². The first-order valence-electron chi connectivity index (χ1n) is 6.72. The highest BCUT2D eigenvalue weighted by atomic mass is 35.5. The number of aromatic nitrogens is 3. The summed E-state index contributed by atoms with van der Waals surface area (Å²) in [5.74, 6) is 0.185. The van der Waals surface area contributed by atoms with E-state index in [1.807, 2.05) is 30.3 Å². The van der Waals surface area contributed by atoms with E-state index in [9.17, 15) is 5.11 Å². The fourth-order valence-electron chi connectivity index (χ4n) is 2.20. The summed E-state index contributed by atoms with van der Waals surface area (Å²) < 4.78 is 5.13. The minimum Gasteiger partial charge on any atom is -0.503 e. The Morgan fingerprint density at radius 2 is 1.78 bits per heavy atom. The molecule has 116 valence electrons. The summed E-state index contributed by atoms with van der Waals surface area (Å²) in [5.41, 5.74) is 8.19. The van der Waals surface area contributed by atoms with Gasteiger partial charge in [0.15, 0.2) is 11.5 Å². The van der Waals surface area contributed by atoms with Gasteiger partial charge >= 0.3 is 0 Å². The zero-order valence-electron chi connectivity index (χ0n) is 12.2. The smallest absolute Gasteiger partial charge is 0.240 e. The minimum absolute atomic E-state index is 0.0736. The molecule has 0 atom stereocenters. The maximum atomic E-state index is 9.87. The van der Waals surface area contributed by atoms with Gasteiger partial charge in [0.2, 0.25) is 5.95 Å². The molecule has 3 N–H and O–H groups in total. The molecule has 0 aliphatic carbocycles. The first kappa shape index (κ1) is 15.1. The number of hydrogen-bond donors (Lipinski definition) is 2. The van der Waals surface area contributed by atoms with E-state index in [0.29, 0.717) is 17.0 Å². The molecule has 23 heavy (non-hydrogen) atoms. The van der Waals surface area contributed by atoms with Gasteiger partial charge in [0.05, 0.1) is 12.1 Å². The number of anilines is 1. The van der Waals surface area contributed by atoms with Crippen molar-refractivity contribution in [2.45, 2.75) is 0 Å². The molecule has 0 saturated heterocycles. The lowest BCUT2D eigenvalue weighted by Crippen LogP contribution is -2.02. The molecule has 0 bridgehead atoms. The number of ether oxygens (including phenoxy) is 1. The van der Waals surface area contributed by atoms with E-state index in [2.05, 4.69) is 15.2 Å². The van der Waals surface area contributed by atoms with E-state index < -0.39 is 0 Å². The van der Waals surface area contributed by atoms with Gasteiger partial charge in [-0.1, -0.05) is 41.9 Å². The lowest BCUT2D eigenvalue weighted by Gasteiger charge is -2.11. The Bertz CT molecular complexity index is 856. The van der Waals surface area contributed by atoms with Crippen LogP contribution in [0, 0.1) is 0 Å². The average Bonchev–Trinajstić information content (AvgIpc) is 2.58. The highest BCUT2D eigenvalue weighted by molar-refractivity contribution is 6.32. The zero-order chi connectivity index (χ0) is 16.4. The molecule has 0 spiro atoms. The summed E-state index contributed by atoms with van der Waals surface area (Å²) in [4.78, 5) is 4.29. The van der Waals surface area contributed by atoms with Gasteiger partial charge < -0.3 is 15.6 Å². The summed E-state index contributed by atoms with van der Waals surface area (Å²) in [6, 6.07) is 12.7. The van der Waals surface area contributed by atoms with Crippen LogP contribution >= 0.6 is 11.6 Å². The lowest BCUT2D eigenvalue weighted by molar-refractivity contribution is 0.374. The van der Waals surface area contributed by atoms with Gasteiger partial charge in [0.1, 0.15) is 11.4 Å². The molecular weight excluding hydrogens is 316 g/mol. The van der Waals surface area contributed by atoms with Crippen LogP contribution in [0.25, 0.3) is 22.5 Å². The molecule has 7 heteroatoms. The molecule has 1 aromatic heterocycles. The summed E-state index contributed by atoms with van der Waals surface area (Å²) in [6.07, 6.45) is 0. The second kappa shape index (κ2) is 6.10. The molecule has 0 fully saturated rings. The number of phenols is 1. The van der Waals surface area contributed by atoms with Crippen molar-refractivity contribution in [1.29, 1.82) is 0 Å². The standard InChI is InChI=1S/C16H13ClN4O2/c1-23-12-8-10(7-11(17)15(12)22)14-13(19-16(18)21-20-14)9-5-3-2-4-6-9/h2-8,22H,1H3,(H2,18,19,21). The topological polar surface area (TPSA) is 94.2 Å². The fraction of sp³-hybridized carbons (Fsp3) is 0.0625. The predicted molar refractivity (Wildman–Crippen MR) is 88.3 cm³/mol. The van der Waals surface area contributed by atoms with Gasteiger partial charge in [-0.05, 0) is 12.1 Å². The number of benzene rings is 2. The largest absolute Gasteiger partial charge is 0.503 e. The third-order valence-corrected chi connectivity index (χ3v) is 3.56. The number of phenolic OH excluding ortho intramolecular Hbond substituents is 1. The Hall–Kier alpha value is -2.86. The van der Waals surface area contributed by atoms with Crippen molar-refractivity contribution < 1.29 is 9.84 Å². The summed E-state index contributed by atoms with van der Waals surface area (Å²) in [5, 5.41) is 18.0. The highest BCUT2D eigenvalue weighted by Crippen LogP contribution is 2.39. The Labute approximate surface area is 137 Å². The van der Waals surface area contributed by atoms with E-state index in [1.54, 1.807) is 12.1 Å². The van der Waals surface area contributed by atoms with Crippen molar-refractivity contribution in [3.8, 4) is 34.0 Å². The highest BCUT2D eigenvalue weighted by Gasteiger charge is 2.16. The second-order valence-electron chi connectivity index (χ2n) is 4.74. The van der Waals surface area contributed by atoms with Crippen molar-refractivity contribution in [3.05, 3.63) is 47.5 Å². The van der Waals surface area contributed by atoms with Crippen molar-refractivity contribution in [2.75, 3.05) is 12.8 Å². The molecule has 1 heterocycles. The number of aromatic hydroxyl groups is 1. The normalized spacial score (nSPS) is 10.5. The number of halogens is 1. The molecular formula is C16H13ClN4O2. The first-order chi connectivity index (χ1) is 11.1.